The van der Waals surface area contributed by atoms with Gasteiger partial charge in [0.05, 0.1) is 5.69 Å². The van der Waals surface area contributed by atoms with E-state index in [0.717, 1.165) is 32.0 Å². The quantitative estimate of drug-likeness (QED) is 0.916. The van der Waals surface area contributed by atoms with Crippen molar-refractivity contribution in [2.75, 3.05) is 18.4 Å². The third kappa shape index (κ3) is 3.37. The first-order valence-corrected chi connectivity index (χ1v) is 7.51. The third-order valence-electron chi connectivity index (χ3n) is 4.33. The highest BCUT2D eigenvalue weighted by Gasteiger charge is 2.32. The lowest BCUT2D eigenvalue weighted by molar-refractivity contribution is -0.117. The summed E-state index contributed by atoms with van der Waals surface area (Å²) in [6.45, 7) is 2.23. The van der Waals surface area contributed by atoms with Gasteiger partial charge in [0.25, 0.3) is 0 Å². The van der Waals surface area contributed by atoms with E-state index in [9.17, 15) is 9.18 Å². The van der Waals surface area contributed by atoms with Gasteiger partial charge >= 0.3 is 0 Å². The average molecular weight is 276 g/mol. The van der Waals surface area contributed by atoms with Crippen LogP contribution in [0.5, 0.6) is 0 Å². The number of piperidine rings is 1. The Bertz CT molecular complexity index is 479. The number of rotatable bonds is 4. The molecule has 0 aromatic heterocycles. The van der Waals surface area contributed by atoms with Crippen molar-refractivity contribution in [1.82, 2.24) is 4.90 Å². The Morgan fingerprint density at radius 2 is 1.90 bits per heavy atom. The molecule has 1 amide bonds. The molecule has 3 rings (SSSR count). The van der Waals surface area contributed by atoms with E-state index in [1.165, 1.54) is 18.9 Å². The van der Waals surface area contributed by atoms with Gasteiger partial charge in [-0.15, -0.1) is 0 Å². The molecule has 1 aliphatic heterocycles. The molecule has 1 aliphatic carbocycles. The van der Waals surface area contributed by atoms with Crippen molar-refractivity contribution >= 4 is 11.6 Å². The number of anilines is 1. The Balaban J connectivity index is 1.46. The van der Waals surface area contributed by atoms with Gasteiger partial charge in [-0.05, 0) is 56.8 Å². The maximum absolute atomic E-state index is 13.5. The van der Waals surface area contributed by atoms with Crippen LogP contribution in [0, 0.1) is 11.7 Å². The molecule has 2 aliphatic rings. The van der Waals surface area contributed by atoms with Crippen LogP contribution >= 0.6 is 0 Å². The number of para-hydroxylation sites is 1. The highest BCUT2D eigenvalue weighted by molar-refractivity contribution is 5.90. The van der Waals surface area contributed by atoms with E-state index in [1.807, 2.05) is 0 Å². The van der Waals surface area contributed by atoms with Gasteiger partial charge in [0, 0.05) is 12.5 Å². The summed E-state index contributed by atoms with van der Waals surface area (Å²) in [5.74, 6) is 0.00106. The molecule has 1 saturated carbocycles. The fourth-order valence-corrected chi connectivity index (χ4v) is 2.99. The van der Waals surface area contributed by atoms with E-state index in [4.69, 9.17) is 0 Å². The van der Waals surface area contributed by atoms with Gasteiger partial charge in [-0.2, -0.15) is 0 Å². The second-order valence-electron chi connectivity index (χ2n) is 5.94. The highest BCUT2D eigenvalue weighted by Crippen LogP contribution is 2.31. The summed E-state index contributed by atoms with van der Waals surface area (Å²) in [4.78, 5) is 14.5. The minimum absolute atomic E-state index is 0.0695. The molecule has 108 valence electrons. The van der Waals surface area contributed by atoms with E-state index in [2.05, 4.69) is 10.2 Å². The molecular weight excluding hydrogens is 255 g/mol. The second-order valence-corrected chi connectivity index (χ2v) is 5.94. The summed E-state index contributed by atoms with van der Waals surface area (Å²) in [7, 11) is 0. The van der Waals surface area contributed by atoms with Crippen LogP contribution < -0.4 is 5.32 Å². The first kappa shape index (κ1) is 13.6. The summed E-state index contributed by atoms with van der Waals surface area (Å²) < 4.78 is 13.5. The molecular formula is C16H21FN2O. The molecule has 2 fully saturated rings. The molecule has 0 radical (unpaired) electrons. The predicted molar refractivity (Wildman–Crippen MR) is 77.0 cm³/mol. The van der Waals surface area contributed by atoms with Gasteiger partial charge in [0.1, 0.15) is 5.82 Å². The van der Waals surface area contributed by atoms with E-state index < -0.39 is 0 Å². The largest absolute Gasteiger partial charge is 0.324 e. The lowest BCUT2D eigenvalue weighted by Gasteiger charge is -2.31. The Labute approximate surface area is 119 Å². The van der Waals surface area contributed by atoms with Gasteiger partial charge in [-0.1, -0.05) is 12.1 Å². The Morgan fingerprint density at radius 3 is 2.55 bits per heavy atom. The van der Waals surface area contributed by atoms with Crippen molar-refractivity contribution in [2.45, 2.75) is 38.1 Å². The minimum atomic E-state index is -0.371. The number of nitrogens with zero attached hydrogens (tertiary/aromatic N) is 1. The molecule has 0 unspecified atom stereocenters. The number of likely N-dealkylation sites (tertiary alicyclic amines) is 1. The van der Waals surface area contributed by atoms with Crippen molar-refractivity contribution in [1.29, 1.82) is 0 Å². The number of carbonyl (C=O) groups is 1. The van der Waals surface area contributed by atoms with Gasteiger partial charge < -0.3 is 10.2 Å². The topological polar surface area (TPSA) is 32.3 Å². The Morgan fingerprint density at radius 1 is 1.20 bits per heavy atom. The van der Waals surface area contributed by atoms with Crippen LogP contribution in [0.25, 0.3) is 0 Å². The fraction of sp³-hybridized carbons (Fsp3) is 0.562. The van der Waals surface area contributed by atoms with Gasteiger partial charge in [0.2, 0.25) is 5.91 Å². The van der Waals surface area contributed by atoms with Crippen molar-refractivity contribution in [2.24, 2.45) is 5.92 Å². The molecule has 1 heterocycles. The normalized spacial score (nSPS) is 20.9. The number of amides is 1. The number of hydrogen-bond donors (Lipinski definition) is 1. The van der Waals surface area contributed by atoms with Crippen LogP contribution in [0.15, 0.2) is 24.3 Å². The molecule has 0 atom stereocenters. The molecule has 1 saturated heterocycles. The van der Waals surface area contributed by atoms with Gasteiger partial charge in [-0.25, -0.2) is 4.39 Å². The molecule has 3 nitrogen and oxygen atoms in total. The summed E-state index contributed by atoms with van der Waals surface area (Å²) >= 11 is 0. The van der Waals surface area contributed by atoms with Crippen molar-refractivity contribution in [3.05, 3.63) is 30.1 Å². The smallest absolute Gasteiger partial charge is 0.224 e. The number of hydrogen-bond acceptors (Lipinski definition) is 2. The Kier molecular flexibility index (Phi) is 4.01. The van der Waals surface area contributed by atoms with Crippen LogP contribution in [-0.2, 0) is 4.79 Å². The zero-order valence-electron chi connectivity index (χ0n) is 11.6. The molecule has 1 aromatic carbocycles. The predicted octanol–water partition coefficient (Wildman–Crippen LogP) is 3.03. The first-order chi connectivity index (χ1) is 9.72. The lowest BCUT2D eigenvalue weighted by Crippen LogP contribution is -2.36. The highest BCUT2D eigenvalue weighted by atomic mass is 19.1. The van der Waals surface area contributed by atoms with E-state index in [-0.39, 0.29) is 17.4 Å². The molecule has 1 aromatic rings. The fourth-order valence-electron chi connectivity index (χ4n) is 2.99. The van der Waals surface area contributed by atoms with Crippen LogP contribution in [0.4, 0.5) is 10.1 Å². The summed E-state index contributed by atoms with van der Waals surface area (Å²) in [5, 5.41) is 2.68. The average Bonchev–Trinajstić information content (AvgIpc) is 3.27. The molecule has 20 heavy (non-hydrogen) atoms. The van der Waals surface area contributed by atoms with E-state index >= 15 is 0 Å². The molecule has 1 N–H and O–H groups in total. The van der Waals surface area contributed by atoms with Gasteiger partial charge in [0.15, 0.2) is 0 Å². The van der Waals surface area contributed by atoms with Crippen LogP contribution in [0.3, 0.4) is 0 Å². The van der Waals surface area contributed by atoms with Crippen LogP contribution in [-0.4, -0.2) is 29.9 Å². The summed E-state index contributed by atoms with van der Waals surface area (Å²) in [6.07, 6.45) is 5.37. The van der Waals surface area contributed by atoms with E-state index in [1.54, 1.807) is 18.2 Å². The zero-order valence-corrected chi connectivity index (χ0v) is 11.6. The number of halogens is 1. The SMILES string of the molecule is O=C(CC1CCN(C2CC2)CC1)Nc1ccccc1F. The van der Waals surface area contributed by atoms with Crippen LogP contribution in [0.2, 0.25) is 0 Å². The van der Waals surface area contributed by atoms with Crippen molar-refractivity contribution in [3.8, 4) is 0 Å². The summed E-state index contributed by atoms with van der Waals surface area (Å²) in [5.41, 5.74) is 0.285. The zero-order chi connectivity index (χ0) is 13.9. The van der Waals surface area contributed by atoms with Crippen molar-refractivity contribution in [3.63, 3.8) is 0 Å². The maximum Gasteiger partial charge on any atom is 0.224 e. The second kappa shape index (κ2) is 5.92. The number of carbonyl (C=O) groups excluding carboxylic acids is 1. The standard InChI is InChI=1S/C16H21FN2O/c17-14-3-1-2-4-15(14)18-16(20)11-12-7-9-19(10-8-12)13-5-6-13/h1-4,12-13H,5-11H2,(H,18,20). The minimum Gasteiger partial charge on any atom is -0.324 e. The Hall–Kier alpha value is -1.42. The molecule has 4 heteroatoms. The van der Waals surface area contributed by atoms with Gasteiger partial charge in [-0.3, -0.25) is 4.79 Å². The van der Waals surface area contributed by atoms with E-state index in [0.29, 0.717) is 12.3 Å². The first-order valence-electron chi connectivity index (χ1n) is 7.51. The monoisotopic (exact) mass is 276 g/mol. The molecule has 0 bridgehead atoms. The lowest BCUT2D eigenvalue weighted by atomic mass is 9.93. The van der Waals surface area contributed by atoms with Crippen LogP contribution in [0.1, 0.15) is 32.1 Å². The molecule has 0 spiro atoms. The van der Waals surface area contributed by atoms with Crippen molar-refractivity contribution < 1.29 is 9.18 Å². The maximum atomic E-state index is 13.5. The third-order valence-corrected chi connectivity index (χ3v) is 4.33. The summed E-state index contributed by atoms with van der Waals surface area (Å²) in [6, 6.07) is 7.14. The number of benzene rings is 1. The number of nitrogens with one attached hydrogen (secondary N) is 1.